The molecule has 0 N–H and O–H groups in total. The molecule has 0 fully saturated rings. The van der Waals surface area contributed by atoms with Crippen LogP contribution in [0.3, 0.4) is 0 Å². The predicted octanol–water partition coefficient (Wildman–Crippen LogP) is 8.22. The standard InChI is InChI=1S/C27H38F2O2/c1-18(10-7-11-19(2)14-9-15-25(28)29)12-8-13-20(3)16-17-24-23(6)26(30)21(4)22(5)27(24)31/h11-12,15,20H,7-10,13-14,16-17H2,1-6H3/b18-12+,19-11+. The molecule has 31 heavy (non-hydrogen) atoms. The number of allylic oxidation sites excluding steroid dienone is 9. The van der Waals surface area contributed by atoms with Gasteiger partial charge in [-0.25, -0.2) is 0 Å². The molecule has 0 amide bonds. The Morgan fingerprint density at radius 3 is 1.87 bits per heavy atom. The number of ketones is 2. The maximum atomic E-state index is 12.5. The molecule has 1 aliphatic carbocycles. The SMILES string of the molecule is CC1=C(C)C(=O)C(CCC(C)CC/C=C(\C)CC/C=C(\C)CCC=C(F)F)=C(C)C1=O. The van der Waals surface area contributed by atoms with Crippen molar-refractivity contribution < 1.29 is 18.4 Å². The lowest BCUT2D eigenvalue weighted by Crippen LogP contribution is -2.21. The van der Waals surface area contributed by atoms with Crippen LogP contribution in [0.4, 0.5) is 8.78 Å². The van der Waals surface area contributed by atoms with Crippen LogP contribution in [0.15, 0.2) is 57.7 Å². The summed E-state index contributed by atoms with van der Waals surface area (Å²) in [7, 11) is 0. The van der Waals surface area contributed by atoms with Gasteiger partial charge in [0, 0.05) is 22.3 Å². The highest BCUT2D eigenvalue weighted by Gasteiger charge is 2.27. The highest BCUT2D eigenvalue weighted by Crippen LogP contribution is 2.29. The lowest BCUT2D eigenvalue weighted by Gasteiger charge is -2.20. The fourth-order valence-electron chi connectivity index (χ4n) is 3.77. The topological polar surface area (TPSA) is 34.1 Å². The number of Topliss-reactive ketones (excluding diaryl/α,β-unsaturated/α-hetero) is 2. The molecule has 0 aromatic rings. The second-order valence-corrected chi connectivity index (χ2v) is 8.91. The summed E-state index contributed by atoms with van der Waals surface area (Å²) in [4.78, 5) is 24.8. The zero-order chi connectivity index (χ0) is 23.6. The molecule has 0 radical (unpaired) electrons. The molecule has 1 rings (SSSR count). The van der Waals surface area contributed by atoms with Crippen molar-refractivity contribution in [2.45, 2.75) is 92.9 Å². The Kier molecular flexibility index (Phi) is 11.6. The van der Waals surface area contributed by atoms with E-state index in [0.29, 0.717) is 47.5 Å². The van der Waals surface area contributed by atoms with Crippen LogP contribution < -0.4 is 0 Å². The number of rotatable bonds is 12. The van der Waals surface area contributed by atoms with Gasteiger partial charge in [-0.1, -0.05) is 30.2 Å². The molecule has 1 aliphatic rings. The van der Waals surface area contributed by atoms with Gasteiger partial charge in [-0.15, -0.1) is 0 Å². The van der Waals surface area contributed by atoms with Crippen molar-refractivity contribution in [3.05, 3.63) is 57.7 Å². The summed E-state index contributed by atoms with van der Waals surface area (Å²) in [5.74, 6) is 0.519. The predicted molar refractivity (Wildman–Crippen MR) is 125 cm³/mol. The van der Waals surface area contributed by atoms with Crippen LogP contribution in [-0.4, -0.2) is 11.6 Å². The molecule has 2 nitrogen and oxygen atoms in total. The Morgan fingerprint density at radius 2 is 1.29 bits per heavy atom. The summed E-state index contributed by atoms with van der Waals surface area (Å²) in [6.07, 6.45) is 10.4. The summed E-state index contributed by atoms with van der Waals surface area (Å²) < 4.78 is 24.1. The van der Waals surface area contributed by atoms with E-state index in [1.807, 2.05) is 6.92 Å². The van der Waals surface area contributed by atoms with Gasteiger partial charge in [0.15, 0.2) is 11.6 Å². The van der Waals surface area contributed by atoms with E-state index in [0.717, 1.165) is 43.8 Å². The van der Waals surface area contributed by atoms with Gasteiger partial charge in [0.25, 0.3) is 6.08 Å². The lowest BCUT2D eigenvalue weighted by atomic mass is 9.82. The van der Waals surface area contributed by atoms with Crippen LogP contribution >= 0.6 is 0 Å². The van der Waals surface area contributed by atoms with E-state index in [9.17, 15) is 18.4 Å². The fraction of sp³-hybridized carbons (Fsp3) is 0.556. The van der Waals surface area contributed by atoms with Crippen LogP contribution in [0, 0.1) is 5.92 Å². The summed E-state index contributed by atoms with van der Waals surface area (Å²) in [5.41, 5.74) is 4.97. The molecule has 4 heteroatoms. The van der Waals surface area contributed by atoms with Crippen molar-refractivity contribution in [2.24, 2.45) is 5.92 Å². The summed E-state index contributed by atoms with van der Waals surface area (Å²) >= 11 is 0. The van der Waals surface area contributed by atoms with Crippen molar-refractivity contribution in [3.63, 3.8) is 0 Å². The first-order valence-electron chi connectivity index (χ1n) is 11.3. The van der Waals surface area contributed by atoms with Gasteiger partial charge in [-0.05, 0) is 98.0 Å². The van der Waals surface area contributed by atoms with Gasteiger partial charge in [0.05, 0.1) is 0 Å². The van der Waals surface area contributed by atoms with Gasteiger partial charge in [0.2, 0.25) is 0 Å². The molecular formula is C27H38F2O2. The molecule has 0 aliphatic heterocycles. The van der Waals surface area contributed by atoms with E-state index in [-0.39, 0.29) is 11.6 Å². The Balaban J connectivity index is 2.38. The highest BCUT2D eigenvalue weighted by atomic mass is 19.3. The molecule has 0 bridgehead atoms. The minimum absolute atomic E-state index is 0.00800. The molecule has 1 atom stereocenters. The van der Waals surface area contributed by atoms with Gasteiger partial charge >= 0.3 is 0 Å². The highest BCUT2D eigenvalue weighted by molar-refractivity contribution is 6.24. The van der Waals surface area contributed by atoms with E-state index in [4.69, 9.17) is 0 Å². The molecule has 1 unspecified atom stereocenters. The van der Waals surface area contributed by atoms with Gasteiger partial charge < -0.3 is 0 Å². The largest absolute Gasteiger partial charge is 0.289 e. The Bertz CT molecular complexity index is 818. The van der Waals surface area contributed by atoms with Crippen molar-refractivity contribution in [1.29, 1.82) is 0 Å². The van der Waals surface area contributed by atoms with E-state index < -0.39 is 6.08 Å². The number of carbonyl (C=O) groups excluding carboxylic acids is 2. The summed E-state index contributed by atoms with van der Waals surface area (Å²) in [6, 6.07) is 0. The molecule has 0 spiro atoms. The monoisotopic (exact) mass is 432 g/mol. The number of carbonyl (C=O) groups is 2. The quantitative estimate of drug-likeness (QED) is 0.230. The number of hydrogen-bond donors (Lipinski definition) is 0. The Morgan fingerprint density at radius 1 is 0.774 bits per heavy atom. The minimum Gasteiger partial charge on any atom is -0.289 e. The Labute approximate surface area is 186 Å². The second kappa shape index (κ2) is 13.3. The van der Waals surface area contributed by atoms with Gasteiger partial charge in [-0.3, -0.25) is 9.59 Å². The average molecular weight is 433 g/mol. The van der Waals surface area contributed by atoms with Crippen LogP contribution in [-0.2, 0) is 9.59 Å². The minimum atomic E-state index is -1.60. The summed E-state index contributed by atoms with van der Waals surface area (Å²) in [5, 5.41) is 0. The first-order chi connectivity index (χ1) is 14.5. The zero-order valence-corrected chi connectivity index (χ0v) is 20.0. The van der Waals surface area contributed by atoms with Gasteiger partial charge in [0.1, 0.15) is 0 Å². The average Bonchev–Trinajstić information content (AvgIpc) is 2.70. The smallest absolute Gasteiger partial charge is 0.266 e. The third-order valence-corrected chi connectivity index (χ3v) is 6.22. The molecule has 0 aromatic heterocycles. The first-order valence-corrected chi connectivity index (χ1v) is 11.3. The fourth-order valence-corrected chi connectivity index (χ4v) is 3.77. The maximum absolute atomic E-state index is 12.5. The van der Waals surface area contributed by atoms with Crippen LogP contribution in [0.25, 0.3) is 0 Å². The van der Waals surface area contributed by atoms with E-state index in [1.54, 1.807) is 20.8 Å². The normalized spacial score (nSPS) is 16.9. The van der Waals surface area contributed by atoms with Crippen molar-refractivity contribution >= 4 is 11.6 Å². The number of hydrogen-bond acceptors (Lipinski definition) is 2. The van der Waals surface area contributed by atoms with E-state index >= 15 is 0 Å². The lowest BCUT2D eigenvalue weighted by molar-refractivity contribution is -0.116. The second-order valence-electron chi connectivity index (χ2n) is 8.91. The van der Waals surface area contributed by atoms with Gasteiger partial charge in [-0.2, -0.15) is 8.78 Å². The Hall–Kier alpha value is -2.10. The van der Waals surface area contributed by atoms with Crippen LogP contribution in [0.1, 0.15) is 92.9 Å². The van der Waals surface area contributed by atoms with Crippen molar-refractivity contribution in [3.8, 4) is 0 Å². The zero-order valence-electron chi connectivity index (χ0n) is 20.0. The van der Waals surface area contributed by atoms with Crippen molar-refractivity contribution in [1.82, 2.24) is 0 Å². The molecule has 0 saturated heterocycles. The molecule has 0 aromatic carbocycles. The third-order valence-electron chi connectivity index (χ3n) is 6.22. The molecule has 0 heterocycles. The van der Waals surface area contributed by atoms with Crippen LogP contribution in [0.2, 0.25) is 0 Å². The maximum Gasteiger partial charge on any atom is 0.266 e. The van der Waals surface area contributed by atoms with E-state index in [2.05, 4.69) is 26.0 Å². The van der Waals surface area contributed by atoms with Crippen molar-refractivity contribution in [2.75, 3.05) is 0 Å². The first kappa shape index (κ1) is 26.9. The number of halogens is 2. The van der Waals surface area contributed by atoms with Crippen LogP contribution in [0.5, 0.6) is 0 Å². The van der Waals surface area contributed by atoms with E-state index in [1.165, 1.54) is 5.57 Å². The molecular weight excluding hydrogens is 394 g/mol. The summed E-state index contributed by atoms with van der Waals surface area (Å²) in [6.45, 7) is 11.6. The molecule has 172 valence electrons. The molecule has 0 saturated carbocycles. The third kappa shape index (κ3) is 9.28.